The lowest BCUT2D eigenvalue weighted by molar-refractivity contribution is 0.601. The SMILES string of the molecule is C=C1C(Br)=CC(C)=C(c2nn(C)c(C(C)=S)c2Cl)N1C. The van der Waals surface area contributed by atoms with E-state index in [9.17, 15) is 0 Å². The van der Waals surface area contributed by atoms with Crippen LogP contribution in [0.3, 0.4) is 0 Å². The molecule has 2 heterocycles. The van der Waals surface area contributed by atoms with Crippen molar-refractivity contribution in [3.8, 4) is 0 Å². The Labute approximate surface area is 137 Å². The highest BCUT2D eigenvalue weighted by atomic mass is 79.9. The maximum Gasteiger partial charge on any atom is 0.128 e. The maximum atomic E-state index is 6.48. The standard InChI is InChI=1S/C14H15BrClN3S/c1-7-6-10(15)8(2)18(4)13(7)12-11(16)14(9(3)20)19(5)17-12/h6H,2H2,1,3-5H3. The van der Waals surface area contributed by atoms with Crippen molar-refractivity contribution in [2.75, 3.05) is 7.05 Å². The minimum absolute atomic E-state index is 0.584. The molecule has 106 valence electrons. The number of likely N-dealkylation sites (N-methyl/N-ethyl adjacent to an activating group) is 1. The highest BCUT2D eigenvalue weighted by Crippen LogP contribution is 2.38. The van der Waals surface area contributed by atoms with Crippen LogP contribution in [-0.2, 0) is 7.05 Å². The molecule has 20 heavy (non-hydrogen) atoms. The summed E-state index contributed by atoms with van der Waals surface area (Å²) in [6.07, 6.45) is 2.02. The van der Waals surface area contributed by atoms with E-state index in [4.69, 9.17) is 23.8 Å². The molecule has 0 bridgehead atoms. The maximum absolute atomic E-state index is 6.48. The monoisotopic (exact) mass is 371 g/mol. The highest BCUT2D eigenvalue weighted by Gasteiger charge is 2.26. The van der Waals surface area contributed by atoms with E-state index in [-0.39, 0.29) is 0 Å². The summed E-state index contributed by atoms with van der Waals surface area (Å²) in [7, 11) is 3.80. The number of aryl methyl sites for hydroxylation is 1. The first-order valence-corrected chi connectivity index (χ1v) is 7.58. The summed E-state index contributed by atoms with van der Waals surface area (Å²) in [6.45, 7) is 7.93. The van der Waals surface area contributed by atoms with E-state index in [0.717, 1.165) is 37.7 Å². The van der Waals surface area contributed by atoms with Crippen LogP contribution in [0.15, 0.2) is 28.4 Å². The van der Waals surface area contributed by atoms with Gasteiger partial charge in [-0.3, -0.25) is 4.68 Å². The van der Waals surface area contributed by atoms with Crippen molar-refractivity contribution < 1.29 is 0 Å². The lowest BCUT2D eigenvalue weighted by Crippen LogP contribution is -2.20. The van der Waals surface area contributed by atoms with Gasteiger partial charge < -0.3 is 4.90 Å². The number of allylic oxidation sites excluding steroid dienone is 3. The normalized spacial score (nSPS) is 15.8. The largest absolute Gasteiger partial charge is 0.342 e. The molecule has 1 aliphatic rings. The number of rotatable bonds is 2. The van der Waals surface area contributed by atoms with Gasteiger partial charge in [0.15, 0.2) is 0 Å². The topological polar surface area (TPSA) is 21.1 Å². The van der Waals surface area contributed by atoms with E-state index < -0.39 is 0 Å². The van der Waals surface area contributed by atoms with Gasteiger partial charge in [0, 0.05) is 29.1 Å². The van der Waals surface area contributed by atoms with Crippen LogP contribution >= 0.6 is 39.7 Å². The molecule has 0 radical (unpaired) electrons. The van der Waals surface area contributed by atoms with E-state index in [1.807, 2.05) is 38.9 Å². The Morgan fingerprint density at radius 3 is 2.55 bits per heavy atom. The minimum Gasteiger partial charge on any atom is -0.342 e. The first-order valence-electron chi connectivity index (χ1n) is 6.00. The van der Waals surface area contributed by atoms with Crippen LogP contribution in [0.5, 0.6) is 0 Å². The molecule has 0 atom stereocenters. The van der Waals surface area contributed by atoms with Crippen molar-refractivity contribution in [3.05, 3.63) is 44.8 Å². The average Bonchev–Trinajstić information content (AvgIpc) is 2.62. The van der Waals surface area contributed by atoms with Crippen LogP contribution in [0, 0.1) is 0 Å². The molecule has 1 aliphatic heterocycles. The molecule has 1 aromatic heterocycles. The molecule has 0 saturated carbocycles. The van der Waals surface area contributed by atoms with Crippen LogP contribution in [0.4, 0.5) is 0 Å². The van der Waals surface area contributed by atoms with E-state index >= 15 is 0 Å². The quantitative estimate of drug-likeness (QED) is 0.571. The molecule has 0 N–H and O–H groups in total. The molecular formula is C14H15BrClN3S. The van der Waals surface area contributed by atoms with Gasteiger partial charge >= 0.3 is 0 Å². The summed E-state index contributed by atoms with van der Waals surface area (Å²) in [6, 6.07) is 0. The van der Waals surface area contributed by atoms with Crippen LogP contribution in [0.2, 0.25) is 5.02 Å². The zero-order valence-corrected chi connectivity index (χ0v) is 14.9. The molecule has 0 aromatic carbocycles. The van der Waals surface area contributed by atoms with Crippen molar-refractivity contribution >= 4 is 50.3 Å². The molecule has 6 heteroatoms. The van der Waals surface area contributed by atoms with Crippen LogP contribution in [0.1, 0.15) is 25.2 Å². The molecule has 0 spiro atoms. The van der Waals surface area contributed by atoms with E-state index in [1.165, 1.54) is 0 Å². The fraction of sp³-hybridized carbons (Fsp3) is 0.286. The molecule has 0 unspecified atom stereocenters. The van der Waals surface area contributed by atoms with E-state index in [1.54, 1.807) is 4.68 Å². The zero-order chi connectivity index (χ0) is 15.2. The molecule has 0 amide bonds. The summed E-state index contributed by atoms with van der Waals surface area (Å²) >= 11 is 15.2. The molecular weight excluding hydrogens is 358 g/mol. The van der Waals surface area contributed by atoms with Crippen LogP contribution in [0.25, 0.3) is 5.70 Å². The van der Waals surface area contributed by atoms with Crippen molar-refractivity contribution in [1.29, 1.82) is 0 Å². The van der Waals surface area contributed by atoms with Crippen molar-refractivity contribution in [3.63, 3.8) is 0 Å². The second-order valence-electron chi connectivity index (χ2n) is 4.72. The predicted molar refractivity (Wildman–Crippen MR) is 92.1 cm³/mol. The van der Waals surface area contributed by atoms with Gasteiger partial charge in [0.25, 0.3) is 0 Å². The third-order valence-electron chi connectivity index (χ3n) is 3.28. The average molecular weight is 373 g/mol. The summed E-state index contributed by atoms with van der Waals surface area (Å²) in [5.74, 6) is 0. The molecule has 2 rings (SSSR count). The number of halogens is 2. The van der Waals surface area contributed by atoms with E-state index in [2.05, 4.69) is 27.6 Å². The summed E-state index contributed by atoms with van der Waals surface area (Å²) in [5, 5.41) is 5.11. The van der Waals surface area contributed by atoms with E-state index in [0.29, 0.717) is 5.02 Å². The smallest absolute Gasteiger partial charge is 0.128 e. The van der Waals surface area contributed by atoms with Gasteiger partial charge in [-0.15, -0.1) is 0 Å². The Kier molecular flexibility index (Phi) is 4.23. The highest BCUT2D eigenvalue weighted by molar-refractivity contribution is 9.12. The number of hydrogen-bond donors (Lipinski definition) is 0. The second-order valence-corrected chi connectivity index (χ2v) is 6.57. The lowest BCUT2D eigenvalue weighted by Gasteiger charge is -2.29. The Balaban J connectivity index is 2.68. The first-order chi connectivity index (χ1) is 9.25. The van der Waals surface area contributed by atoms with Crippen molar-refractivity contribution in [2.24, 2.45) is 7.05 Å². The Hall–Kier alpha value is -0.910. The summed E-state index contributed by atoms with van der Waals surface area (Å²) in [4.78, 5) is 2.71. The van der Waals surface area contributed by atoms with Gasteiger partial charge in [-0.1, -0.05) is 30.4 Å². The first kappa shape index (κ1) is 15.5. The van der Waals surface area contributed by atoms with Gasteiger partial charge in [0.2, 0.25) is 0 Å². The second kappa shape index (κ2) is 5.47. The minimum atomic E-state index is 0.584. The number of hydrogen-bond acceptors (Lipinski definition) is 3. The molecule has 0 fully saturated rings. The van der Waals surface area contributed by atoms with Gasteiger partial charge in [0.05, 0.1) is 16.4 Å². The van der Waals surface area contributed by atoms with Gasteiger partial charge in [0.1, 0.15) is 5.69 Å². The molecule has 0 aliphatic carbocycles. The summed E-state index contributed by atoms with van der Waals surface area (Å²) in [5.41, 5.74) is 4.39. The molecule has 3 nitrogen and oxygen atoms in total. The van der Waals surface area contributed by atoms with Crippen molar-refractivity contribution in [1.82, 2.24) is 14.7 Å². The Morgan fingerprint density at radius 2 is 2.05 bits per heavy atom. The van der Waals surface area contributed by atoms with Crippen molar-refractivity contribution in [2.45, 2.75) is 13.8 Å². The zero-order valence-electron chi connectivity index (χ0n) is 11.8. The summed E-state index contributed by atoms with van der Waals surface area (Å²) < 4.78 is 2.68. The van der Waals surface area contributed by atoms with Gasteiger partial charge in [-0.2, -0.15) is 5.10 Å². The Bertz CT molecular complexity index is 685. The Morgan fingerprint density at radius 1 is 1.45 bits per heavy atom. The predicted octanol–water partition coefficient (Wildman–Crippen LogP) is 4.28. The third kappa shape index (κ3) is 2.38. The fourth-order valence-electron chi connectivity index (χ4n) is 2.28. The van der Waals surface area contributed by atoms with Crippen LogP contribution < -0.4 is 0 Å². The number of thiocarbonyl (C=S) groups is 1. The van der Waals surface area contributed by atoms with Gasteiger partial charge in [-0.05, 0) is 41.4 Å². The number of aromatic nitrogens is 2. The van der Waals surface area contributed by atoms with Gasteiger partial charge in [-0.25, -0.2) is 0 Å². The fourth-order valence-corrected chi connectivity index (χ4v) is 3.57. The third-order valence-corrected chi connectivity index (χ3v) is 4.52. The molecule has 0 saturated heterocycles. The number of nitrogens with zero attached hydrogens (tertiary/aromatic N) is 3. The lowest BCUT2D eigenvalue weighted by atomic mass is 10.1. The molecule has 1 aromatic rings. The van der Waals surface area contributed by atoms with Crippen LogP contribution in [-0.4, -0.2) is 26.6 Å².